The predicted molar refractivity (Wildman–Crippen MR) is 95.2 cm³/mol. The summed E-state index contributed by atoms with van der Waals surface area (Å²) in [5.74, 6) is -0.698. The van der Waals surface area contributed by atoms with E-state index < -0.39 is 18.1 Å². The number of rotatable bonds is 4. The molecule has 27 heavy (non-hydrogen) atoms. The lowest BCUT2D eigenvalue weighted by Crippen LogP contribution is -2.29. The summed E-state index contributed by atoms with van der Waals surface area (Å²) in [7, 11) is 1.32. The zero-order valence-corrected chi connectivity index (χ0v) is 16.2. The zero-order chi connectivity index (χ0) is 19.8. The van der Waals surface area contributed by atoms with E-state index in [2.05, 4.69) is 9.97 Å². The minimum absolute atomic E-state index is 0.0629. The lowest BCUT2D eigenvalue weighted by atomic mass is 9.82. The third kappa shape index (κ3) is 4.17. The molecule has 2 aromatic heterocycles. The molecule has 9 heteroatoms. The first kappa shape index (κ1) is 19.9. The van der Waals surface area contributed by atoms with E-state index in [1.165, 1.54) is 18.4 Å². The third-order valence-electron chi connectivity index (χ3n) is 5.00. The van der Waals surface area contributed by atoms with Crippen molar-refractivity contribution in [1.82, 2.24) is 9.97 Å². The molecule has 0 aromatic carbocycles. The van der Waals surface area contributed by atoms with Crippen LogP contribution in [0.2, 0.25) is 0 Å². The molecule has 5 nitrogen and oxygen atoms in total. The number of methoxy groups -OCH3 is 1. The summed E-state index contributed by atoms with van der Waals surface area (Å²) in [5.41, 5.74) is 0.692. The highest BCUT2D eigenvalue weighted by molar-refractivity contribution is 7.20. The Hall–Kier alpha value is -1.90. The summed E-state index contributed by atoms with van der Waals surface area (Å²) in [6.07, 6.45) is -2.87. The SMILES string of the molecule is COC(=O)c1sc2nc(C)nc(OC[C@H]3CC[C@H](C(F)(F)F)CC3)c2c1C. The monoisotopic (exact) mass is 402 g/mol. The van der Waals surface area contributed by atoms with E-state index >= 15 is 0 Å². The summed E-state index contributed by atoms with van der Waals surface area (Å²) in [6.45, 7) is 3.82. The van der Waals surface area contributed by atoms with Crippen LogP contribution >= 0.6 is 11.3 Å². The lowest BCUT2D eigenvalue weighted by molar-refractivity contribution is -0.184. The van der Waals surface area contributed by atoms with Gasteiger partial charge in [-0.15, -0.1) is 11.3 Å². The minimum atomic E-state index is -4.11. The predicted octanol–water partition coefficient (Wildman–Crippen LogP) is 4.84. The van der Waals surface area contributed by atoms with Gasteiger partial charge in [0.05, 0.1) is 25.0 Å². The lowest BCUT2D eigenvalue weighted by Gasteiger charge is -2.29. The van der Waals surface area contributed by atoms with Gasteiger partial charge in [0.25, 0.3) is 0 Å². The molecule has 0 saturated heterocycles. The van der Waals surface area contributed by atoms with Crippen molar-refractivity contribution in [2.45, 2.75) is 45.7 Å². The van der Waals surface area contributed by atoms with Crippen LogP contribution in [0.25, 0.3) is 10.2 Å². The van der Waals surface area contributed by atoms with Crippen LogP contribution in [0.3, 0.4) is 0 Å². The Morgan fingerprint density at radius 3 is 2.44 bits per heavy atom. The molecule has 1 saturated carbocycles. The maximum Gasteiger partial charge on any atom is 0.391 e. The second kappa shape index (κ2) is 7.61. The second-order valence-corrected chi connectivity index (χ2v) is 7.87. The van der Waals surface area contributed by atoms with Crippen molar-refractivity contribution < 1.29 is 27.4 Å². The number of hydrogen-bond acceptors (Lipinski definition) is 6. The Morgan fingerprint density at radius 1 is 1.19 bits per heavy atom. The normalized spacial score (nSPS) is 20.7. The number of halogens is 3. The molecule has 0 aliphatic heterocycles. The molecule has 2 heterocycles. The van der Waals surface area contributed by atoms with Crippen molar-refractivity contribution in [3.05, 3.63) is 16.3 Å². The Labute approximate surface area is 158 Å². The maximum atomic E-state index is 12.8. The fraction of sp³-hybridized carbons (Fsp3) is 0.611. The molecule has 1 aliphatic carbocycles. The summed E-state index contributed by atoms with van der Waals surface area (Å²) in [4.78, 5) is 21.7. The smallest absolute Gasteiger partial charge is 0.391 e. The zero-order valence-electron chi connectivity index (χ0n) is 15.4. The molecule has 1 aliphatic rings. The summed E-state index contributed by atoms with van der Waals surface area (Å²) < 4.78 is 49.1. The molecule has 3 rings (SSSR count). The number of fused-ring (bicyclic) bond motifs is 1. The van der Waals surface area contributed by atoms with Crippen LogP contribution in [0.5, 0.6) is 5.88 Å². The Morgan fingerprint density at radius 2 is 1.85 bits per heavy atom. The molecular weight excluding hydrogens is 381 g/mol. The Bertz CT molecular complexity index is 842. The van der Waals surface area contributed by atoms with Crippen LogP contribution in [0.15, 0.2) is 0 Å². The van der Waals surface area contributed by atoms with Gasteiger partial charge in [-0.3, -0.25) is 0 Å². The number of hydrogen-bond donors (Lipinski definition) is 0. The van der Waals surface area contributed by atoms with Gasteiger partial charge in [-0.25, -0.2) is 9.78 Å². The largest absolute Gasteiger partial charge is 0.477 e. The molecule has 0 amide bonds. The van der Waals surface area contributed by atoms with Crippen LogP contribution in [-0.2, 0) is 4.74 Å². The van der Waals surface area contributed by atoms with Gasteiger partial charge in [-0.05, 0) is 51.0 Å². The number of carbonyl (C=O) groups is 1. The molecule has 0 bridgehead atoms. The van der Waals surface area contributed by atoms with Crippen LogP contribution in [0.1, 0.15) is 46.7 Å². The summed E-state index contributed by atoms with van der Waals surface area (Å²) in [5, 5.41) is 0.662. The van der Waals surface area contributed by atoms with Gasteiger partial charge in [0.1, 0.15) is 15.5 Å². The van der Waals surface area contributed by atoms with Gasteiger partial charge in [0.2, 0.25) is 5.88 Å². The third-order valence-corrected chi connectivity index (χ3v) is 6.17. The maximum absolute atomic E-state index is 12.8. The minimum Gasteiger partial charge on any atom is -0.477 e. The number of thiophene rings is 1. The highest BCUT2D eigenvalue weighted by atomic mass is 32.1. The quantitative estimate of drug-likeness (QED) is 0.685. The molecule has 1 fully saturated rings. The first-order chi connectivity index (χ1) is 12.7. The highest BCUT2D eigenvalue weighted by Gasteiger charge is 2.41. The first-order valence-corrected chi connectivity index (χ1v) is 9.58. The number of ether oxygens (including phenoxy) is 2. The van der Waals surface area contributed by atoms with E-state index in [-0.39, 0.29) is 18.8 Å². The Balaban J connectivity index is 1.76. The number of aryl methyl sites for hydroxylation is 2. The number of carbonyl (C=O) groups excluding carboxylic acids is 1. The summed E-state index contributed by atoms with van der Waals surface area (Å²) in [6, 6.07) is 0. The van der Waals surface area contributed by atoms with E-state index in [1.54, 1.807) is 13.8 Å². The molecular formula is C18H21F3N2O3S. The van der Waals surface area contributed by atoms with Crippen LogP contribution in [0, 0.1) is 25.7 Å². The van der Waals surface area contributed by atoms with E-state index in [4.69, 9.17) is 9.47 Å². The van der Waals surface area contributed by atoms with Gasteiger partial charge in [0, 0.05) is 0 Å². The van der Waals surface area contributed by atoms with Crippen molar-refractivity contribution in [3.63, 3.8) is 0 Å². The second-order valence-electron chi connectivity index (χ2n) is 6.87. The van der Waals surface area contributed by atoms with E-state index in [1.807, 2.05) is 0 Å². The summed E-state index contributed by atoms with van der Waals surface area (Å²) >= 11 is 1.22. The van der Waals surface area contributed by atoms with Crippen molar-refractivity contribution in [2.24, 2.45) is 11.8 Å². The van der Waals surface area contributed by atoms with Crippen molar-refractivity contribution in [2.75, 3.05) is 13.7 Å². The highest BCUT2D eigenvalue weighted by Crippen LogP contribution is 2.40. The number of alkyl halides is 3. The average Bonchev–Trinajstić information content (AvgIpc) is 2.95. The van der Waals surface area contributed by atoms with Gasteiger partial charge in [0.15, 0.2) is 0 Å². The molecule has 0 N–H and O–H groups in total. The van der Waals surface area contributed by atoms with Crippen molar-refractivity contribution >= 4 is 27.5 Å². The fourth-order valence-corrected chi connectivity index (χ4v) is 4.58. The van der Waals surface area contributed by atoms with Crippen LogP contribution in [-0.4, -0.2) is 35.8 Å². The van der Waals surface area contributed by atoms with Crippen LogP contribution < -0.4 is 4.74 Å². The topological polar surface area (TPSA) is 61.3 Å². The van der Waals surface area contributed by atoms with E-state index in [0.717, 1.165) is 0 Å². The van der Waals surface area contributed by atoms with E-state index in [9.17, 15) is 18.0 Å². The van der Waals surface area contributed by atoms with Gasteiger partial charge < -0.3 is 9.47 Å². The van der Waals surface area contributed by atoms with Crippen molar-refractivity contribution in [1.29, 1.82) is 0 Å². The number of nitrogens with zero attached hydrogens (tertiary/aromatic N) is 2. The molecule has 0 unspecified atom stereocenters. The molecule has 0 spiro atoms. The standard InChI is InChI=1S/C18H21F3N2O3S/c1-9-13-15(22-10(2)23-16(13)27-14(9)17(24)25-3)26-8-11-4-6-12(7-5-11)18(19,20)21/h11-12H,4-8H2,1-3H3/t11-,12-. The van der Waals surface area contributed by atoms with Gasteiger partial charge >= 0.3 is 12.1 Å². The fourth-order valence-electron chi connectivity index (χ4n) is 3.45. The molecule has 2 aromatic rings. The number of esters is 1. The molecule has 0 radical (unpaired) electrons. The average molecular weight is 402 g/mol. The molecule has 0 atom stereocenters. The first-order valence-electron chi connectivity index (χ1n) is 8.76. The van der Waals surface area contributed by atoms with Gasteiger partial charge in [-0.1, -0.05) is 0 Å². The van der Waals surface area contributed by atoms with E-state index in [0.29, 0.717) is 51.8 Å². The van der Waals surface area contributed by atoms with Crippen molar-refractivity contribution in [3.8, 4) is 5.88 Å². The Kier molecular flexibility index (Phi) is 5.60. The van der Waals surface area contributed by atoms with Crippen LogP contribution in [0.4, 0.5) is 13.2 Å². The molecule has 148 valence electrons. The number of aromatic nitrogens is 2. The van der Waals surface area contributed by atoms with Gasteiger partial charge in [-0.2, -0.15) is 18.2 Å².